The van der Waals surface area contributed by atoms with Gasteiger partial charge in [-0.25, -0.2) is 19.6 Å². The number of anilines is 1. The number of piperazine rings is 1. The highest BCUT2D eigenvalue weighted by Crippen LogP contribution is 2.30. The summed E-state index contributed by atoms with van der Waals surface area (Å²) in [6, 6.07) is 20.8. The van der Waals surface area contributed by atoms with Gasteiger partial charge < -0.3 is 10.2 Å². The van der Waals surface area contributed by atoms with Crippen molar-refractivity contribution < 1.29 is 0 Å². The first-order chi connectivity index (χ1) is 16.3. The van der Waals surface area contributed by atoms with E-state index in [2.05, 4.69) is 79.9 Å². The van der Waals surface area contributed by atoms with E-state index in [0.29, 0.717) is 0 Å². The smallest absolute Gasteiger partial charge is 0.128 e. The van der Waals surface area contributed by atoms with Crippen LogP contribution in [0.3, 0.4) is 0 Å². The van der Waals surface area contributed by atoms with Crippen molar-refractivity contribution in [1.29, 1.82) is 0 Å². The van der Waals surface area contributed by atoms with E-state index in [-0.39, 0.29) is 0 Å². The van der Waals surface area contributed by atoms with Gasteiger partial charge in [-0.3, -0.25) is 0 Å². The van der Waals surface area contributed by atoms with E-state index in [1.165, 1.54) is 0 Å². The first-order valence-corrected chi connectivity index (χ1v) is 11.1. The summed E-state index contributed by atoms with van der Waals surface area (Å²) in [5.74, 6) is 1.03. The van der Waals surface area contributed by atoms with E-state index in [0.717, 1.165) is 71.0 Å². The van der Waals surface area contributed by atoms with Crippen LogP contribution in [0.5, 0.6) is 0 Å². The normalized spacial score (nSPS) is 14.0. The van der Waals surface area contributed by atoms with Crippen LogP contribution in [0.2, 0.25) is 0 Å². The molecule has 162 valence electrons. The number of hydrogen-bond acceptors (Lipinski definition) is 6. The van der Waals surface area contributed by atoms with Crippen LogP contribution in [0.25, 0.3) is 39.0 Å². The van der Waals surface area contributed by atoms with Crippen LogP contribution in [0.15, 0.2) is 85.6 Å². The van der Waals surface area contributed by atoms with Crippen molar-refractivity contribution in [2.45, 2.75) is 0 Å². The van der Waals surface area contributed by atoms with E-state index in [1.807, 2.05) is 23.1 Å². The van der Waals surface area contributed by atoms with Gasteiger partial charge in [0.05, 0.1) is 16.9 Å². The van der Waals surface area contributed by atoms with Crippen molar-refractivity contribution in [1.82, 2.24) is 30.0 Å². The highest BCUT2D eigenvalue weighted by atomic mass is 15.3. The molecule has 1 N–H and O–H groups in total. The Balaban J connectivity index is 1.34. The van der Waals surface area contributed by atoms with E-state index >= 15 is 0 Å². The lowest BCUT2D eigenvalue weighted by Crippen LogP contribution is -2.43. The zero-order chi connectivity index (χ0) is 22.0. The predicted molar refractivity (Wildman–Crippen MR) is 130 cm³/mol. The maximum absolute atomic E-state index is 4.73. The van der Waals surface area contributed by atoms with Gasteiger partial charge in [-0.15, -0.1) is 0 Å². The molecule has 7 nitrogen and oxygen atoms in total. The Morgan fingerprint density at radius 1 is 0.788 bits per heavy atom. The molecule has 6 rings (SSSR count). The molecular weight excluding hydrogens is 410 g/mol. The summed E-state index contributed by atoms with van der Waals surface area (Å²) in [4.78, 5) is 16.2. The highest BCUT2D eigenvalue weighted by Gasteiger charge is 2.13. The number of nitrogens with one attached hydrogen (secondary N) is 1. The molecule has 0 amide bonds. The molecular formula is C26H23N7. The van der Waals surface area contributed by atoms with Crippen molar-refractivity contribution >= 4 is 16.7 Å². The van der Waals surface area contributed by atoms with Gasteiger partial charge >= 0.3 is 0 Å². The number of benzene rings is 2. The van der Waals surface area contributed by atoms with Crippen molar-refractivity contribution in [2.75, 3.05) is 31.1 Å². The Bertz CT molecular complexity index is 1370. The van der Waals surface area contributed by atoms with Gasteiger partial charge in [0.25, 0.3) is 0 Å². The van der Waals surface area contributed by atoms with Gasteiger partial charge in [0, 0.05) is 61.3 Å². The van der Waals surface area contributed by atoms with Crippen LogP contribution < -0.4 is 10.2 Å². The molecule has 5 aromatic rings. The Morgan fingerprint density at radius 3 is 2.36 bits per heavy atom. The van der Waals surface area contributed by atoms with Crippen LogP contribution in [-0.4, -0.2) is 50.9 Å². The molecule has 3 aromatic heterocycles. The Kier molecular flexibility index (Phi) is 5.01. The molecule has 4 heterocycles. The second kappa shape index (κ2) is 8.44. The van der Waals surface area contributed by atoms with Crippen LogP contribution in [0.1, 0.15) is 0 Å². The van der Waals surface area contributed by atoms with E-state index < -0.39 is 0 Å². The second-order valence-electron chi connectivity index (χ2n) is 8.09. The molecule has 1 aliphatic heterocycles. The highest BCUT2D eigenvalue weighted by molar-refractivity contribution is 5.95. The third-order valence-corrected chi connectivity index (χ3v) is 6.07. The quantitative estimate of drug-likeness (QED) is 0.463. The monoisotopic (exact) mass is 433 g/mol. The molecule has 2 aromatic carbocycles. The number of rotatable bonds is 4. The summed E-state index contributed by atoms with van der Waals surface area (Å²) in [5.41, 5.74) is 6.08. The summed E-state index contributed by atoms with van der Waals surface area (Å²) in [6.45, 7) is 3.98. The van der Waals surface area contributed by atoms with Gasteiger partial charge in [-0.05, 0) is 48.0 Å². The largest absolute Gasteiger partial charge is 0.354 e. The molecule has 0 unspecified atom stereocenters. The lowest BCUT2D eigenvalue weighted by molar-refractivity contribution is 0.585. The Labute approximate surface area is 191 Å². The Morgan fingerprint density at radius 2 is 1.61 bits per heavy atom. The predicted octanol–water partition coefficient (Wildman–Crippen LogP) is 3.95. The molecule has 7 heteroatoms. The van der Waals surface area contributed by atoms with Crippen molar-refractivity contribution in [3.05, 3.63) is 85.6 Å². The standard InChI is InChI=1S/C26H23N7/c1-10-31-33(13-1)22-6-2-19(3-7-22)26-23-16-20(4-8-24(23)29-18-30-26)21-5-9-25(28-17-21)32-14-11-27-12-15-32/h1-10,13,16-18,27H,11-12,14-15H2. The summed E-state index contributed by atoms with van der Waals surface area (Å²) in [5, 5.41) is 8.70. The maximum atomic E-state index is 4.73. The van der Waals surface area contributed by atoms with Crippen LogP contribution in [0.4, 0.5) is 5.82 Å². The molecule has 0 radical (unpaired) electrons. The average molecular weight is 434 g/mol. The Hall–Kier alpha value is -4.10. The number of aromatic nitrogens is 5. The molecule has 0 bridgehead atoms. The summed E-state index contributed by atoms with van der Waals surface area (Å²) >= 11 is 0. The summed E-state index contributed by atoms with van der Waals surface area (Å²) in [7, 11) is 0. The summed E-state index contributed by atoms with van der Waals surface area (Å²) in [6.07, 6.45) is 7.30. The number of nitrogens with zero attached hydrogens (tertiary/aromatic N) is 6. The number of fused-ring (bicyclic) bond motifs is 1. The van der Waals surface area contributed by atoms with Gasteiger partial charge in [0.15, 0.2) is 0 Å². The average Bonchev–Trinajstić information content (AvgIpc) is 3.44. The third-order valence-electron chi connectivity index (χ3n) is 6.07. The van der Waals surface area contributed by atoms with E-state index in [4.69, 9.17) is 4.98 Å². The molecule has 0 spiro atoms. The van der Waals surface area contributed by atoms with Crippen molar-refractivity contribution in [2.24, 2.45) is 0 Å². The van der Waals surface area contributed by atoms with E-state index in [9.17, 15) is 0 Å². The molecule has 0 saturated carbocycles. The van der Waals surface area contributed by atoms with Crippen molar-refractivity contribution in [3.8, 4) is 28.1 Å². The fourth-order valence-electron chi connectivity index (χ4n) is 4.30. The molecule has 0 aliphatic carbocycles. The molecule has 1 aliphatic rings. The lowest BCUT2D eigenvalue weighted by atomic mass is 10.0. The number of pyridine rings is 1. The summed E-state index contributed by atoms with van der Waals surface area (Å²) < 4.78 is 1.84. The first-order valence-electron chi connectivity index (χ1n) is 11.1. The van der Waals surface area contributed by atoms with Gasteiger partial charge in [-0.2, -0.15) is 5.10 Å². The van der Waals surface area contributed by atoms with Crippen LogP contribution in [-0.2, 0) is 0 Å². The van der Waals surface area contributed by atoms with Gasteiger partial charge in [-0.1, -0.05) is 18.2 Å². The topological polar surface area (TPSA) is 71.8 Å². The maximum Gasteiger partial charge on any atom is 0.128 e. The fourth-order valence-corrected chi connectivity index (χ4v) is 4.30. The first kappa shape index (κ1) is 19.6. The van der Waals surface area contributed by atoms with Gasteiger partial charge in [0.2, 0.25) is 0 Å². The zero-order valence-electron chi connectivity index (χ0n) is 18.1. The second-order valence-corrected chi connectivity index (χ2v) is 8.09. The van der Waals surface area contributed by atoms with Crippen molar-refractivity contribution in [3.63, 3.8) is 0 Å². The minimum Gasteiger partial charge on any atom is -0.354 e. The molecule has 0 atom stereocenters. The van der Waals surface area contributed by atoms with Crippen LogP contribution >= 0.6 is 0 Å². The lowest BCUT2D eigenvalue weighted by Gasteiger charge is -2.28. The third kappa shape index (κ3) is 3.83. The fraction of sp³-hybridized carbons (Fsp3) is 0.154. The SMILES string of the molecule is c1cnn(-c2ccc(-c3ncnc4ccc(-c5ccc(N6CCNCC6)nc5)cc34)cc2)c1. The van der Waals surface area contributed by atoms with Crippen LogP contribution in [0, 0.1) is 0 Å². The minimum absolute atomic E-state index is 0.916. The van der Waals surface area contributed by atoms with Gasteiger partial charge in [0.1, 0.15) is 12.1 Å². The zero-order valence-corrected chi connectivity index (χ0v) is 18.1. The van der Waals surface area contributed by atoms with E-state index in [1.54, 1.807) is 12.5 Å². The molecule has 1 fully saturated rings. The number of hydrogen-bond donors (Lipinski definition) is 1. The molecule has 1 saturated heterocycles. The molecule has 33 heavy (non-hydrogen) atoms. The minimum atomic E-state index is 0.916.